The van der Waals surface area contributed by atoms with Gasteiger partial charge in [-0.1, -0.05) is 12.1 Å². The fraction of sp³-hybridized carbons (Fsp3) is 0.357. The number of methoxy groups -OCH3 is 2. The topological polar surface area (TPSA) is 43.4 Å². The van der Waals surface area contributed by atoms with Gasteiger partial charge in [-0.3, -0.25) is 0 Å². The average molecular weight is 278 g/mol. The minimum Gasteiger partial charge on any atom is -0.496 e. The van der Waals surface area contributed by atoms with Crippen molar-refractivity contribution in [2.45, 2.75) is 6.54 Å². The standard InChI is InChI=1S/C14H18N2O2S/c1-17-8-7-15-9-11-10-16-14(19-11)12-5-3-4-6-13(12)18-2/h3-6,10,15H,7-9H2,1-2H3. The van der Waals surface area contributed by atoms with Crippen LogP contribution in [0.3, 0.4) is 0 Å². The first-order valence-corrected chi connectivity index (χ1v) is 6.94. The molecule has 0 radical (unpaired) electrons. The zero-order valence-corrected chi connectivity index (χ0v) is 12.0. The second kappa shape index (κ2) is 7.23. The van der Waals surface area contributed by atoms with Gasteiger partial charge in [0, 0.05) is 31.3 Å². The first-order chi connectivity index (χ1) is 9.35. The molecule has 0 spiro atoms. The molecule has 0 aliphatic rings. The smallest absolute Gasteiger partial charge is 0.129 e. The number of nitrogens with zero attached hydrogens (tertiary/aromatic N) is 1. The molecule has 1 N–H and O–H groups in total. The van der Waals surface area contributed by atoms with E-state index in [1.54, 1.807) is 25.6 Å². The summed E-state index contributed by atoms with van der Waals surface area (Å²) in [6.45, 7) is 2.38. The summed E-state index contributed by atoms with van der Waals surface area (Å²) < 4.78 is 10.3. The molecule has 1 heterocycles. The molecular formula is C14H18N2O2S. The predicted molar refractivity (Wildman–Crippen MR) is 77.7 cm³/mol. The lowest BCUT2D eigenvalue weighted by Gasteiger charge is -2.04. The second-order valence-electron chi connectivity index (χ2n) is 4.00. The second-order valence-corrected chi connectivity index (χ2v) is 5.12. The predicted octanol–water partition coefficient (Wildman–Crippen LogP) is 2.55. The lowest BCUT2D eigenvalue weighted by atomic mass is 10.2. The van der Waals surface area contributed by atoms with E-state index in [1.807, 2.05) is 30.5 Å². The third-order valence-corrected chi connectivity index (χ3v) is 3.70. The fourth-order valence-corrected chi connectivity index (χ4v) is 2.63. The molecule has 0 unspecified atom stereocenters. The van der Waals surface area contributed by atoms with Crippen LogP contribution in [0.15, 0.2) is 30.5 Å². The van der Waals surface area contributed by atoms with Crippen molar-refractivity contribution >= 4 is 11.3 Å². The maximum atomic E-state index is 5.36. The van der Waals surface area contributed by atoms with Crippen LogP contribution in [-0.2, 0) is 11.3 Å². The SMILES string of the molecule is COCCNCc1cnc(-c2ccccc2OC)s1. The van der Waals surface area contributed by atoms with Crippen molar-refractivity contribution < 1.29 is 9.47 Å². The molecule has 2 aromatic rings. The monoisotopic (exact) mass is 278 g/mol. The Morgan fingerprint density at radius 1 is 1.26 bits per heavy atom. The molecule has 0 saturated carbocycles. The number of rotatable bonds is 7. The Balaban J connectivity index is 2.04. The van der Waals surface area contributed by atoms with Gasteiger partial charge in [0.1, 0.15) is 10.8 Å². The van der Waals surface area contributed by atoms with Gasteiger partial charge in [-0.05, 0) is 12.1 Å². The molecule has 0 bridgehead atoms. The Morgan fingerprint density at radius 3 is 2.89 bits per heavy atom. The van der Waals surface area contributed by atoms with E-state index < -0.39 is 0 Å². The highest BCUT2D eigenvalue weighted by Crippen LogP contribution is 2.32. The number of para-hydroxylation sites is 1. The number of hydrogen-bond acceptors (Lipinski definition) is 5. The van der Waals surface area contributed by atoms with Crippen molar-refractivity contribution in [3.8, 4) is 16.3 Å². The van der Waals surface area contributed by atoms with Gasteiger partial charge in [-0.2, -0.15) is 0 Å². The van der Waals surface area contributed by atoms with Crippen LogP contribution in [0.2, 0.25) is 0 Å². The maximum absolute atomic E-state index is 5.36. The first-order valence-electron chi connectivity index (χ1n) is 6.13. The van der Waals surface area contributed by atoms with Crippen LogP contribution in [0.4, 0.5) is 0 Å². The molecule has 0 aliphatic heterocycles. The molecule has 1 aromatic carbocycles. The van der Waals surface area contributed by atoms with Gasteiger partial charge in [-0.25, -0.2) is 4.98 Å². The van der Waals surface area contributed by atoms with Gasteiger partial charge in [0.15, 0.2) is 0 Å². The summed E-state index contributed by atoms with van der Waals surface area (Å²) in [7, 11) is 3.38. The average Bonchev–Trinajstić information content (AvgIpc) is 2.92. The molecule has 4 nitrogen and oxygen atoms in total. The third kappa shape index (κ3) is 3.76. The summed E-state index contributed by atoms with van der Waals surface area (Å²) in [5.74, 6) is 0.857. The van der Waals surface area contributed by atoms with E-state index in [0.717, 1.165) is 36.0 Å². The van der Waals surface area contributed by atoms with Gasteiger partial charge in [0.25, 0.3) is 0 Å². The van der Waals surface area contributed by atoms with E-state index in [9.17, 15) is 0 Å². The normalized spacial score (nSPS) is 10.6. The van der Waals surface area contributed by atoms with Crippen LogP contribution in [0, 0.1) is 0 Å². The number of hydrogen-bond donors (Lipinski definition) is 1. The molecular weight excluding hydrogens is 260 g/mol. The lowest BCUT2D eigenvalue weighted by molar-refractivity contribution is 0.199. The molecule has 0 aliphatic carbocycles. The Labute approximate surface area is 117 Å². The number of benzene rings is 1. The summed E-state index contributed by atoms with van der Waals surface area (Å²) >= 11 is 1.68. The molecule has 0 fully saturated rings. The maximum Gasteiger partial charge on any atom is 0.129 e. The highest BCUT2D eigenvalue weighted by molar-refractivity contribution is 7.15. The van der Waals surface area contributed by atoms with Crippen molar-refractivity contribution in [1.29, 1.82) is 0 Å². The van der Waals surface area contributed by atoms with Crippen LogP contribution in [-0.4, -0.2) is 32.4 Å². The highest BCUT2D eigenvalue weighted by atomic mass is 32.1. The van der Waals surface area contributed by atoms with Crippen LogP contribution in [0.25, 0.3) is 10.6 Å². The Hall–Kier alpha value is -1.43. The number of nitrogens with one attached hydrogen (secondary N) is 1. The molecule has 102 valence electrons. The number of thiazole rings is 1. The van der Waals surface area contributed by atoms with Crippen molar-refractivity contribution in [3.05, 3.63) is 35.3 Å². The van der Waals surface area contributed by atoms with Crippen molar-refractivity contribution in [3.63, 3.8) is 0 Å². The number of aromatic nitrogens is 1. The quantitative estimate of drug-likeness (QED) is 0.791. The molecule has 1 aromatic heterocycles. The minimum absolute atomic E-state index is 0.720. The van der Waals surface area contributed by atoms with E-state index in [-0.39, 0.29) is 0 Å². The van der Waals surface area contributed by atoms with E-state index >= 15 is 0 Å². The van der Waals surface area contributed by atoms with Gasteiger partial charge in [0.05, 0.1) is 19.3 Å². The van der Waals surface area contributed by atoms with E-state index in [4.69, 9.17) is 9.47 Å². The van der Waals surface area contributed by atoms with Crippen LogP contribution in [0.5, 0.6) is 5.75 Å². The summed E-state index contributed by atoms with van der Waals surface area (Å²) in [4.78, 5) is 5.67. The van der Waals surface area contributed by atoms with E-state index in [2.05, 4.69) is 10.3 Å². The lowest BCUT2D eigenvalue weighted by Crippen LogP contribution is -2.17. The van der Waals surface area contributed by atoms with E-state index in [0.29, 0.717) is 0 Å². The van der Waals surface area contributed by atoms with Crippen molar-refractivity contribution in [2.75, 3.05) is 27.4 Å². The molecule has 5 heteroatoms. The highest BCUT2D eigenvalue weighted by Gasteiger charge is 2.09. The Kier molecular flexibility index (Phi) is 5.32. The van der Waals surface area contributed by atoms with E-state index in [1.165, 1.54) is 4.88 Å². The van der Waals surface area contributed by atoms with Crippen molar-refractivity contribution in [1.82, 2.24) is 10.3 Å². The summed E-state index contributed by atoms with van der Waals surface area (Å²) in [6.07, 6.45) is 1.91. The summed E-state index contributed by atoms with van der Waals surface area (Å²) in [5, 5.41) is 4.30. The fourth-order valence-electron chi connectivity index (χ4n) is 1.72. The van der Waals surface area contributed by atoms with Crippen LogP contribution in [0.1, 0.15) is 4.88 Å². The first kappa shape index (κ1) is 14.0. The zero-order chi connectivity index (χ0) is 13.5. The molecule has 0 amide bonds. The van der Waals surface area contributed by atoms with Crippen molar-refractivity contribution in [2.24, 2.45) is 0 Å². The zero-order valence-electron chi connectivity index (χ0n) is 11.2. The summed E-state index contributed by atoms with van der Waals surface area (Å²) in [5.41, 5.74) is 1.04. The Morgan fingerprint density at radius 2 is 2.11 bits per heavy atom. The van der Waals surface area contributed by atoms with Gasteiger partial charge >= 0.3 is 0 Å². The van der Waals surface area contributed by atoms with Gasteiger partial charge in [0.2, 0.25) is 0 Å². The number of ether oxygens (including phenoxy) is 2. The molecule has 0 saturated heterocycles. The minimum atomic E-state index is 0.720. The van der Waals surface area contributed by atoms with Gasteiger partial charge < -0.3 is 14.8 Å². The third-order valence-electron chi connectivity index (χ3n) is 2.67. The molecule has 0 atom stereocenters. The van der Waals surface area contributed by atoms with Gasteiger partial charge in [-0.15, -0.1) is 11.3 Å². The molecule has 2 rings (SSSR count). The Bertz CT molecular complexity index is 514. The largest absolute Gasteiger partial charge is 0.496 e. The van der Waals surface area contributed by atoms with Crippen LogP contribution < -0.4 is 10.1 Å². The molecule has 19 heavy (non-hydrogen) atoms. The van der Waals surface area contributed by atoms with Crippen LogP contribution >= 0.6 is 11.3 Å². The summed E-state index contributed by atoms with van der Waals surface area (Å²) in [6, 6.07) is 7.94.